The van der Waals surface area contributed by atoms with Crippen LogP contribution in [0.1, 0.15) is 39.0 Å². The summed E-state index contributed by atoms with van der Waals surface area (Å²) in [5, 5.41) is 9.62. The van der Waals surface area contributed by atoms with E-state index in [0.717, 1.165) is 32.5 Å². The van der Waals surface area contributed by atoms with Crippen LogP contribution in [-0.4, -0.2) is 41.8 Å². The Bertz CT molecular complexity index is 150. The maximum Gasteiger partial charge on any atom is 0.0664 e. The minimum absolute atomic E-state index is 0.159. The molecule has 1 rings (SSSR count). The molecule has 3 heteroatoms. The molecule has 0 aromatic carbocycles. The van der Waals surface area contributed by atoms with Gasteiger partial charge in [0, 0.05) is 12.6 Å². The molecule has 3 N–H and O–H groups in total. The molecule has 0 radical (unpaired) electrons. The molecule has 0 aromatic heterocycles. The highest BCUT2D eigenvalue weighted by atomic mass is 16.3. The second-order valence-corrected chi connectivity index (χ2v) is 4.28. The molecule has 84 valence electrons. The van der Waals surface area contributed by atoms with Crippen LogP contribution in [0.15, 0.2) is 0 Å². The summed E-state index contributed by atoms with van der Waals surface area (Å²) in [4.78, 5) is 2.42. The highest BCUT2D eigenvalue weighted by Crippen LogP contribution is 2.19. The van der Waals surface area contributed by atoms with E-state index in [2.05, 4.69) is 4.90 Å². The normalized spacial score (nSPS) is 26.4. The molecule has 1 aliphatic rings. The van der Waals surface area contributed by atoms with Crippen LogP contribution in [0.3, 0.4) is 0 Å². The molecule has 2 unspecified atom stereocenters. The van der Waals surface area contributed by atoms with Crippen molar-refractivity contribution in [2.45, 2.75) is 51.2 Å². The Balaban J connectivity index is 2.37. The summed E-state index contributed by atoms with van der Waals surface area (Å²) < 4.78 is 0. The molecular weight excluding hydrogens is 176 g/mol. The highest BCUT2D eigenvalue weighted by molar-refractivity contribution is 4.78. The van der Waals surface area contributed by atoms with Crippen LogP contribution in [0.5, 0.6) is 0 Å². The first kappa shape index (κ1) is 12.0. The highest BCUT2D eigenvalue weighted by Gasteiger charge is 2.22. The Kier molecular flexibility index (Phi) is 5.45. The van der Waals surface area contributed by atoms with Gasteiger partial charge in [0.25, 0.3) is 0 Å². The quantitative estimate of drug-likeness (QED) is 0.695. The number of likely N-dealkylation sites (tertiary alicyclic amines) is 1. The first-order valence-electron chi connectivity index (χ1n) is 5.90. The first-order chi connectivity index (χ1) is 6.77. The van der Waals surface area contributed by atoms with Crippen molar-refractivity contribution in [1.82, 2.24) is 4.90 Å². The van der Waals surface area contributed by atoms with Crippen molar-refractivity contribution < 1.29 is 5.11 Å². The molecule has 1 aliphatic heterocycles. The van der Waals surface area contributed by atoms with Crippen molar-refractivity contribution in [3.63, 3.8) is 0 Å². The van der Waals surface area contributed by atoms with Crippen LogP contribution in [0.4, 0.5) is 0 Å². The van der Waals surface area contributed by atoms with Crippen molar-refractivity contribution in [3.8, 4) is 0 Å². The molecule has 2 atom stereocenters. The molecule has 1 saturated heterocycles. The van der Waals surface area contributed by atoms with Crippen LogP contribution in [0.2, 0.25) is 0 Å². The van der Waals surface area contributed by atoms with Gasteiger partial charge < -0.3 is 10.8 Å². The fraction of sp³-hybridized carbons (Fsp3) is 1.00. The lowest BCUT2D eigenvalue weighted by Gasteiger charge is -2.36. The van der Waals surface area contributed by atoms with E-state index in [0.29, 0.717) is 6.04 Å². The lowest BCUT2D eigenvalue weighted by Crippen LogP contribution is -2.44. The molecule has 14 heavy (non-hydrogen) atoms. The average Bonchev–Trinajstić information content (AvgIpc) is 2.21. The van der Waals surface area contributed by atoms with E-state index in [-0.39, 0.29) is 6.10 Å². The van der Waals surface area contributed by atoms with Gasteiger partial charge in [-0.15, -0.1) is 0 Å². The van der Waals surface area contributed by atoms with Crippen molar-refractivity contribution in [1.29, 1.82) is 0 Å². The zero-order chi connectivity index (χ0) is 10.4. The van der Waals surface area contributed by atoms with Gasteiger partial charge in [-0.05, 0) is 38.8 Å². The second-order valence-electron chi connectivity index (χ2n) is 4.28. The maximum absolute atomic E-state index is 9.62. The van der Waals surface area contributed by atoms with Gasteiger partial charge in [0.1, 0.15) is 0 Å². The molecule has 0 spiro atoms. The van der Waals surface area contributed by atoms with E-state index in [4.69, 9.17) is 5.73 Å². The summed E-state index contributed by atoms with van der Waals surface area (Å²) in [5.41, 5.74) is 5.60. The van der Waals surface area contributed by atoms with Crippen LogP contribution >= 0.6 is 0 Å². The lowest BCUT2D eigenvalue weighted by atomic mass is 9.99. The van der Waals surface area contributed by atoms with E-state index in [1.54, 1.807) is 0 Å². The summed E-state index contributed by atoms with van der Waals surface area (Å²) in [6.45, 7) is 4.78. The van der Waals surface area contributed by atoms with Crippen LogP contribution in [0, 0.1) is 0 Å². The number of hydrogen-bond acceptors (Lipinski definition) is 3. The fourth-order valence-electron chi connectivity index (χ4n) is 2.22. The molecule has 1 heterocycles. The zero-order valence-corrected chi connectivity index (χ0v) is 9.28. The van der Waals surface area contributed by atoms with Gasteiger partial charge in [0.15, 0.2) is 0 Å². The number of aliphatic hydroxyl groups is 1. The Labute approximate surface area is 87.3 Å². The van der Waals surface area contributed by atoms with Gasteiger partial charge in [-0.3, -0.25) is 4.90 Å². The Morgan fingerprint density at radius 3 is 2.93 bits per heavy atom. The molecule has 0 amide bonds. The third-order valence-corrected chi connectivity index (χ3v) is 3.17. The Morgan fingerprint density at radius 1 is 1.50 bits per heavy atom. The first-order valence-corrected chi connectivity index (χ1v) is 5.90. The molecular formula is C11H24N2O. The monoisotopic (exact) mass is 200 g/mol. The third-order valence-electron chi connectivity index (χ3n) is 3.17. The predicted octanol–water partition coefficient (Wildman–Crippen LogP) is 0.961. The van der Waals surface area contributed by atoms with Crippen molar-refractivity contribution in [3.05, 3.63) is 0 Å². The van der Waals surface area contributed by atoms with Crippen molar-refractivity contribution in [2.75, 3.05) is 19.6 Å². The van der Waals surface area contributed by atoms with Gasteiger partial charge >= 0.3 is 0 Å². The van der Waals surface area contributed by atoms with Crippen LogP contribution < -0.4 is 5.73 Å². The van der Waals surface area contributed by atoms with Gasteiger partial charge in [-0.2, -0.15) is 0 Å². The van der Waals surface area contributed by atoms with Gasteiger partial charge in [-0.1, -0.05) is 13.3 Å². The van der Waals surface area contributed by atoms with Gasteiger partial charge in [0.2, 0.25) is 0 Å². The number of nitrogens with zero attached hydrogens (tertiary/aromatic N) is 1. The second kappa shape index (κ2) is 6.38. The summed E-state index contributed by atoms with van der Waals surface area (Å²) in [6, 6.07) is 0.620. The topological polar surface area (TPSA) is 49.5 Å². The largest absolute Gasteiger partial charge is 0.392 e. The third kappa shape index (κ3) is 3.56. The number of rotatable bonds is 5. The van der Waals surface area contributed by atoms with Crippen molar-refractivity contribution in [2.24, 2.45) is 5.73 Å². The summed E-state index contributed by atoms with van der Waals surface area (Å²) in [7, 11) is 0. The number of piperidine rings is 1. The average molecular weight is 200 g/mol. The Morgan fingerprint density at radius 2 is 2.29 bits per heavy atom. The number of hydrogen-bond donors (Lipinski definition) is 2. The summed E-state index contributed by atoms with van der Waals surface area (Å²) in [5.74, 6) is 0. The lowest BCUT2D eigenvalue weighted by molar-refractivity contribution is 0.0632. The fourth-order valence-corrected chi connectivity index (χ4v) is 2.22. The molecule has 0 aliphatic carbocycles. The minimum atomic E-state index is -0.159. The van der Waals surface area contributed by atoms with Crippen LogP contribution in [-0.2, 0) is 0 Å². The standard InChI is InChI=1S/C11H24N2O/c1-2-11(14)9-13-8-4-3-5-10(13)6-7-12/h10-11,14H,2-9,12H2,1H3. The van der Waals surface area contributed by atoms with E-state index >= 15 is 0 Å². The van der Waals surface area contributed by atoms with Crippen LogP contribution in [0.25, 0.3) is 0 Å². The SMILES string of the molecule is CCC(O)CN1CCCCC1CCN. The van der Waals surface area contributed by atoms with E-state index in [9.17, 15) is 5.11 Å². The predicted molar refractivity (Wildman–Crippen MR) is 59.2 cm³/mol. The Hall–Kier alpha value is -0.120. The summed E-state index contributed by atoms with van der Waals surface area (Å²) in [6.07, 6.45) is 5.63. The number of nitrogens with two attached hydrogens (primary N) is 1. The molecule has 0 bridgehead atoms. The molecule has 0 aromatic rings. The van der Waals surface area contributed by atoms with Gasteiger partial charge in [-0.25, -0.2) is 0 Å². The van der Waals surface area contributed by atoms with Gasteiger partial charge in [0.05, 0.1) is 6.10 Å². The van der Waals surface area contributed by atoms with E-state index in [1.807, 2.05) is 6.92 Å². The smallest absolute Gasteiger partial charge is 0.0664 e. The molecule has 0 saturated carbocycles. The number of β-amino-alcohol motifs (C(OH)–C–C–N with tert-alkyl or cyclic N) is 1. The maximum atomic E-state index is 9.62. The zero-order valence-electron chi connectivity index (χ0n) is 9.28. The summed E-state index contributed by atoms with van der Waals surface area (Å²) >= 11 is 0. The van der Waals surface area contributed by atoms with E-state index in [1.165, 1.54) is 19.3 Å². The minimum Gasteiger partial charge on any atom is -0.392 e. The molecule has 1 fully saturated rings. The van der Waals surface area contributed by atoms with Crippen molar-refractivity contribution >= 4 is 0 Å². The van der Waals surface area contributed by atoms with E-state index < -0.39 is 0 Å². The number of aliphatic hydroxyl groups excluding tert-OH is 1. The molecule has 3 nitrogen and oxygen atoms in total.